The van der Waals surface area contributed by atoms with Crippen molar-refractivity contribution in [1.29, 1.82) is 0 Å². The summed E-state index contributed by atoms with van der Waals surface area (Å²) in [6.45, 7) is 5.83. The van der Waals surface area contributed by atoms with Gasteiger partial charge in [0.1, 0.15) is 11.8 Å². The maximum absolute atomic E-state index is 10.9. The molecule has 0 spiro atoms. The lowest BCUT2D eigenvalue weighted by atomic mass is 10.1. The summed E-state index contributed by atoms with van der Waals surface area (Å²) in [6, 6.07) is 0.0986. The monoisotopic (exact) mass is 294 g/mol. The number of aliphatic hydroxyl groups excluding tert-OH is 1. The first-order valence-electron chi connectivity index (χ1n) is 6.79. The summed E-state index contributed by atoms with van der Waals surface area (Å²) in [7, 11) is 4.90. The quantitative estimate of drug-likeness (QED) is 0.906. The van der Waals surface area contributed by atoms with E-state index in [1.54, 1.807) is 36.8 Å². The first kappa shape index (κ1) is 15.4. The van der Waals surface area contributed by atoms with Gasteiger partial charge in [0.2, 0.25) is 5.88 Å². The van der Waals surface area contributed by atoms with E-state index < -0.39 is 6.10 Å². The Morgan fingerprint density at radius 2 is 1.90 bits per heavy atom. The highest BCUT2D eigenvalue weighted by Gasteiger charge is 2.29. The van der Waals surface area contributed by atoms with Crippen LogP contribution in [0.5, 0.6) is 11.6 Å². The highest BCUT2D eigenvalue weighted by atomic mass is 16.5. The minimum absolute atomic E-state index is 0.0986. The van der Waals surface area contributed by atoms with Gasteiger partial charge in [-0.15, -0.1) is 0 Å². The van der Waals surface area contributed by atoms with Crippen LogP contribution in [0.2, 0.25) is 0 Å². The number of aliphatic hydroxyl groups is 1. The number of nitrogens with zero attached hydrogens (tertiary/aromatic N) is 4. The SMILES string of the molecule is COc1cnn(C(C)C)c1C(O)c1c(C)nn(C)c1OC. The summed E-state index contributed by atoms with van der Waals surface area (Å²) < 4.78 is 14.0. The standard InChI is InChI=1S/C14H22N4O3/c1-8(2)18-12(10(20-5)7-15-18)13(19)11-9(3)16-17(4)14(11)21-6/h7-8,13,19H,1-6H3. The molecule has 7 nitrogen and oxygen atoms in total. The average molecular weight is 294 g/mol. The van der Waals surface area contributed by atoms with Gasteiger partial charge in [0.05, 0.1) is 31.7 Å². The van der Waals surface area contributed by atoms with Crippen molar-refractivity contribution in [2.24, 2.45) is 7.05 Å². The normalized spacial score (nSPS) is 12.8. The van der Waals surface area contributed by atoms with Crippen LogP contribution in [-0.4, -0.2) is 38.9 Å². The van der Waals surface area contributed by atoms with Crippen LogP contribution < -0.4 is 9.47 Å². The Morgan fingerprint density at radius 1 is 1.24 bits per heavy atom. The maximum Gasteiger partial charge on any atom is 0.217 e. The van der Waals surface area contributed by atoms with E-state index in [2.05, 4.69) is 10.2 Å². The van der Waals surface area contributed by atoms with E-state index in [-0.39, 0.29) is 6.04 Å². The molecule has 21 heavy (non-hydrogen) atoms. The fourth-order valence-electron chi connectivity index (χ4n) is 2.53. The molecule has 116 valence electrons. The molecule has 0 bridgehead atoms. The number of aromatic nitrogens is 4. The summed E-state index contributed by atoms with van der Waals surface area (Å²) in [5, 5.41) is 19.4. The molecule has 1 N–H and O–H groups in total. The molecular formula is C14H22N4O3. The van der Waals surface area contributed by atoms with Gasteiger partial charge in [0.15, 0.2) is 5.75 Å². The molecule has 0 aromatic carbocycles. The highest BCUT2D eigenvalue weighted by Crippen LogP contribution is 2.37. The van der Waals surface area contributed by atoms with Crippen molar-refractivity contribution in [2.75, 3.05) is 14.2 Å². The van der Waals surface area contributed by atoms with Gasteiger partial charge in [-0.1, -0.05) is 0 Å². The number of methoxy groups -OCH3 is 2. The van der Waals surface area contributed by atoms with Crippen LogP contribution in [0.4, 0.5) is 0 Å². The number of ether oxygens (including phenoxy) is 2. The van der Waals surface area contributed by atoms with Gasteiger partial charge < -0.3 is 14.6 Å². The Labute approximate surface area is 124 Å². The zero-order chi connectivity index (χ0) is 15.7. The lowest BCUT2D eigenvalue weighted by Gasteiger charge is -2.18. The van der Waals surface area contributed by atoms with Crippen molar-refractivity contribution in [2.45, 2.75) is 32.9 Å². The fourth-order valence-corrected chi connectivity index (χ4v) is 2.53. The number of rotatable bonds is 5. The van der Waals surface area contributed by atoms with E-state index in [4.69, 9.17) is 9.47 Å². The lowest BCUT2D eigenvalue weighted by molar-refractivity contribution is 0.193. The third-order valence-corrected chi connectivity index (χ3v) is 3.45. The van der Waals surface area contributed by atoms with Crippen molar-refractivity contribution in [3.05, 3.63) is 23.1 Å². The van der Waals surface area contributed by atoms with Crippen LogP contribution in [-0.2, 0) is 7.05 Å². The second-order valence-corrected chi connectivity index (χ2v) is 5.17. The van der Waals surface area contributed by atoms with Crippen LogP contribution in [0.25, 0.3) is 0 Å². The Balaban J connectivity index is 2.59. The third-order valence-electron chi connectivity index (χ3n) is 3.45. The second kappa shape index (κ2) is 5.77. The predicted molar refractivity (Wildman–Crippen MR) is 77.7 cm³/mol. The van der Waals surface area contributed by atoms with E-state index in [1.165, 1.54) is 0 Å². The molecule has 0 fully saturated rings. The molecule has 2 rings (SSSR count). The molecule has 0 aliphatic heterocycles. The second-order valence-electron chi connectivity index (χ2n) is 5.17. The number of hydrogen-bond donors (Lipinski definition) is 1. The van der Waals surface area contributed by atoms with Crippen molar-refractivity contribution < 1.29 is 14.6 Å². The molecule has 1 unspecified atom stereocenters. The van der Waals surface area contributed by atoms with Crippen LogP contribution in [0.15, 0.2) is 6.20 Å². The minimum Gasteiger partial charge on any atom is -0.493 e. The van der Waals surface area contributed by atoms with Crippen molar-refractivity contribution in [1.82, 2.24) is 19.6 Å². The fraction of sp³-hybridized carbons (Fsp3) is 0.571. The Kier molecular flexibility index (Phi) is 4.22. The van der Waals surface area contributed by atoms with Gasteiger partial charge in [0.25, 0.3) is 0 Å². The Bertz CT molecular complexity index is 630. The minimum atomic E-state index is -0.923. The summed E-state index contributed by atoms with van der Waals surface area (Å²) in [6.07, 6.45) is 0.685. The largest absolute Gasteiger partial charge is 0.493 e. The first-order valence-corrected chi connectivity index (χ1v) is 6.79. The summed E-state index contributed by atoms with van der Waals surface area (Å²) in [4.78, 5) is 0. The van der Waals surface area contributed by atoms with E-state index in [1.807, 2.05) is 20.8 Å². The molecular weight excluding hydrogens is 272 g/mol. The third kappa shape index (κ3) is 2.49. The van der Waals surface area contributed by atoms with Gasteiger partial charge in [-0.2, -0.15) is 10.2 Å². The van der Waals surface area contributed by atoms with Crippen LogP contribution >= 0.6 is 0 Å². The van der Waals surface area contributed by atoms with Gasteiger partial charge in [-0.25, -0.2) is 4.68 Å². The molecule has 0 aliphatic carbocycles. The smallest absolute Gasteiger partial charge is 0.217 e. The van der Waals surface area contributed by atoms with Crippen molar-refractivity contribution in [3.8, 4) is 11.6 Å². The van der Waals surface area contributed by atoms with Crippen LogP contribution in [0.3, 0.4) is 0 Å². The number of hydrogen-bond acceptors (Lipinski definition) is 5. The van der Waals surface area contributed by atoms with Crippen LogP contribution in [0, 0.1) is 6.92 Å². The van der Waals surface area contributed by atoms with E-state index in [9.17, 15) is 5.11 Å². The Hall–Kier alpha value is -2.02. The highest BCUT2D eigenvalue weighted by molar-refractivity contribution is 5.42. The van der Waals surface area contributed by atoms with Crippen molar-refractivity contribution in [3.63, 3.8) is 0 Å². The topological polar surface area (TPSA) is 74.3 Å². The molecule has 0 amide bonds. The predicted octanol–water partition coefficient (Wildman–Crippen LogP) is 1.60. The van der Waals surface area contributed by atoms with E-state index in [0.717, 1.165) is 0 Å². The molecule has 1 atom stereocenters. The number of aryl methyl sites for hydroxylation is 2. The zero-order valence-electron chi connectivity index (χ0n) is 13.3. The summed E-state index contributed by atoms with van der Waals surface area (Å²) in [5.41, 5.74) is 1.93. The van der Waals surface area contributed by atoms with Crippen LogP contribution in [0.1, 0.15) is 42.9 Å². The summed E-state index contributed by atoms with van der Waals surface area (Å²) in [5.74, 6) is 1.07. The summed E-state index contributed by atoms with van der Waals surface area (Å²) >= 11 is 0. The maximum atomic E-state index is 10.9. The van der Waals surface area contributed by atoms with E-state index >= 15 is 0 Å². The van der Waals surface area contributed by atoms with Gasteiger partial charge in [-0.3, -0.25) is 4.68 Å². The van der Waals surface area contributed by atoms with Crippen molar-refractivity contribution >= 4 is 0 Å². The molecule has 7 heteroatoms. The molecule has 0 aliphatic rings. The molecule has 0 saturated heterocycles. The molecule has 2 heterocycles. The van der Waals surface area contributed by atoms with Gasteiger partial charge in [-0.05, 0) is 20.8 Å². The molecule has 2 aromatic rings. The van der Waals surface area contributed by atoms with Gasteiger partial charge >= 0.3 is 0 Å². The first-order chi connectivity index (χ1) is 9.92. The molecule has 0 radical (unpaired) electrons. The Morgan fingerprint density at radius 3 is 2.43 bits per heavy atom. The van der Waals surface area contributed by atoms with Gasteiger partial charge in [0, 0.05) is 13.1 Å². The molecule has 2 aromatic heterocycles. The zero-order valence-corrected chi connectivity index (χ0v) is 13.3. The molecule has 0 saturated carbocycles. The average Bonchev–Trinajstić information content (AvgIpc) is 2.98. The van der Waals surface area contributed by atoms with E-state index in [0.29, 0.717) is 28.6 Å². The lowest BCUT2D eigenvalue weighted by Crippen LogP contribution is -2.14.